The van der Waals surface area contributed by atoms with Crippen molar-refractivity contribution in [2.45, 2.75) is 18.6 Å². The quantitative estimate of drug-likeness (QED) is 0.761. The van der Waals surface area contributed by atoms with Crippen molar-refractivity contribution in [3.8, 4) is 0 Å². The molecule has 1 aromatic rings. The molecule has 3 rings (SSSR count). The van der Waals surface area contributed by atoms with Crippen LogP contribution in [0.3, 0.4) is 0 Å². The van der Waals surface area contributed by atoms with E-state index in [9.17, 15) is 13.2 Å². The molecular weight excluding hydrogens is 249 g/mol. The van der Waals surface area contributed by atoms with E-state index >= 15 is 0 Å². The Balaban J connectivity index is 2.08. The summed E-state index contributed by atoms with van der Waals surface area (Å²) in [6.45, 7) is 1.89. The number of anilines is 2. The van der Waals surface area contributed by atoms with Gasteiger partial charge in [0.05, 0.1) is 16.9 Å². The van der Waals surface area contributed by atoms with Gasteiger partial charge in [0, 0.05) is 5.70 Å². The molecule has 2 heterocycles. The third-order valence-corrected chi connectivity index (χ3v) is 3.91. The second-order valence-corrected chi connectivity index (χ2v) is 4.95. The zero-order chi connectivity index (χ0) is 12.2. The Morgan fingerprint density at radius 2 is 2.12 bits per heavy atom. The van der Waals surface area contributed by atoms with E-state index in [2.05, 4.69) is 5.32 Å². The number of nitrogens with zero attached hydrogens (tertiary/aromatic N) is 1. The highest BCUT2D eigenvalue weighted by atomic mass is 32.2. The largest absolute Gasteiger partial charge is 0.416 e. The molecule has 6 heteroatoms. The van der Waals surface area contributed by atoms with Crippen LogP contribution in [0.25, 0.3) is 0 Å². The number of thioether (sulfide) groups is 1. The Morgan fingerprint density at radius 1 is 1.35 bits per heavy atom. The summed E-state index contributed by atoms with van der Waals surface area (Å²) >= 11 is 1.56. The zero-order valence-corrected chi connectivity index (χ0v) is 9.69. The molecule has 2 aliphatic rings. The van der Waals surface area contributed by atoms with Crippen molar-refractivity contribution in [3.05, 3.63) is 34.9 Å². The lowest BCUT2D eigenvalue weighted by Gasteiger charge is -2.19. The van der Waals surface area contributed by atoms with Crippen LogP contribution >= 0.6 is 11.8 Å². The number of hydrogen-bond donors (Lipinski definition) is 1. The maximum atomic E-state index is 12.6. The van der Waals surface area contributed by atoms with Gasteiger partial charge in [-0.25, -0.2) is 0 Å². The first-order valence-corrected chi connectivity index (χ1v) is 6.00. The van der Waals surface area contributed by atoms with Gasteiger partial charge in [-0.05, 0) is 30.5 Å². The molecule has 0 saturated carbocycles. The van der Waals surface area contributed by atoms with Crippen LogP contribution in [0, 0.1) is 0 Å². The van der Waals surface area contributed by atoms with Crippen molar-refractivity contribution in [1.82, 2.24) is 0 Å². The molecule has 17 heavy (non-hydrogen) atoms. The number of fused-ring (bicyclic) bond motifs is 3. The van der Waals surface area contributed by atoms with Crippen molar-refractivity contribution in [1.29, 1.82) is 0 Å². The van der Waals surface area contributed by atoms with Crippen LogP contribution in [0.4, 0.5) is 24.5 Å². The SMILES string of the molecule is CC1=CSC2Nc3ccc(C(F)(F)F)cc3N12. The third kappa shape index (κ3) is 1.58. The van der Waals surface area contributed by atoms with Gasteiger partial charge >= 0.3 is 6.18 Å². The minimum atomic E-state index is -4.29. The average molecular weight is 258 g/mol. The van der Waals surface area contributed by atoms with Crippen molar-refractivity contribution >= 4 is 23.1 Å². The van der Waals surface area contributed by atoms with Crippen LogP contribution in [0.5, 0.6) is 0 Å². The Labute approximate surface area is 100 Å². The number of hydrogen-bond acceptors (Lipinski definition) is 3. The third-order valence-electron chi connectivity index (χ3n) is 2.85. The van der Waals surface area contributed by atoms with Gasteiger partial charge in [0.15, 0.2) is 5.50 Å². The Bertz CT molecular complexity index is 510. The highest BCUT2D eigenvalue weighted by Gasteiger charge is 2.37. The van der Waals surface area contributed by atoms with E-state index < -0.39 is 11.7 Å². The van der Waals surface area contributed by atoms with E-state index in [1.165, 1.54) is 12.1 Å². The normalized spacial score (nSPS) is 22.0. The maximum absolute atomic E-state index is 12.6. The minimum absolute atomic E-state index is 0.00603. The van der Waals surface area contributed by atoms with Gasteiger partial charge in [-0.2, -0.15) is 13.2 Å². The number of benzene rings is 1. The van der Waals surface area contributed by atoms with Crippen molar-refractivity contribution in [3.63, 3.8) is 0 Å². The smallest absolute Gasteiger partial charge is 0.354 e. The van der Waals surface area contributed by atoms with Gasteiger partial charge in [-0.3, -0.25) is 0 Å². The molecule has 0 radical (unpaired) electrons. The molecule has 1 N–H and O–H groups in total. The van der Waals surface area contributed by atoms with Crippen LogP contribution < -0.4 is 10.2 Å². The number of halogens is 3. The molecule has 2 aliphatic heterocycles. The molecule has 0 spiro atoms. The first kappa shape index (κ1) is 10.8. The maximum Gasteiger partial charge on any atom is 0.416 e. The Kier molecular flexibility index (Phi) is 2.13. The van der Waals surface area contributed by atoms with Gasteiger partial charge in [0.25, 0.3) is 0 Å². The molecule has 2 nitrogen and oxygen atoms in total. The number of rotatable bonds is 0. The molecular formula is C11H9F3N2S. The second-order valence-electron chi connectivity index (χ2n) is 3.99. The molecule has 0 aromatic heterocycles. The zero-order valence-electron chi connectivity index (χ0n) is 8.88. The molecule has 0 aliphatic carbocycles. The van der Waals surface area contributed by atoms with Gasteiger partial charge in [0.2, 0.25) is 0 Å². The van der Waals surface area contributed by atoms with Crippen molar-refractivity contribution in [2.75, 3.05) is 10.2 Å². The fourth-order valence-electron chi connectivity index (χ4n) is 2.04. The van der Waals surface area contributed by atoms with Crippen LogP contribution in [0.2, 0.25) is 0 Å². The first-order chi connectivity index (χ1) is 7.97. The Morgan fingerprint density at radius 3 is 2.82 bits per heavy atom. The van der Waals surface area contributed by atoms with Crippen LogP contribution in [0.1, 0.15) is 12.5 Å². The van der Waals surface area contributed by atoms with E-state index in [1.54, 1.807) is 11.8 Å². The molecule has 90 valence electrons. The first-order valence-electron chi connectivity index (χ1n) is 5.06. The number of alkyl halides is 3. The summed E-state index contributed by atoms with van der Waals surface area (Å²) in [4.78, 5) is 1.88. The highest BCUT2D eigenvalue weighted by molar-refractivity contribution is 8.03. The topological polar surface area (TPSA) is 15.3 Å². The summed E-state index contributed by atoms with van der Waals surface area (Å²) in [7, 11) is 0. The molecule has 0 fully saturated rings. The van der Waals surface area contributed by atoms with E-state index in [0.29, 0.717) is 5.69 Å². The lowest BCUT2D eigenvalue weighted by atomic mass is 10.1. The molecule has 1 unspecified atom stereocenters. The second kappa shape index (κ2) is 3.35. The highest BCUT2D eigenvalue weighted by Crippen LogP contribution is 2.47. The lowest BCUT2D eigenvalue weighted by Crippen LogP contribution is -2.26. The summed E-state index contributed by atoms with van der Waals surface area (Å²) in [6.07, 6.45) is -4.29. The van der Waals surface area contributed by atoms with E-state index in [4.69, 9.17) is 0 Å². The standard InChI is InChI=1S/C11H9F3N2S/c1-6-5-17-10-15-8-3-2-7(11(12,13)14)4-9(8)16(6)10/h2-5,10,15H,1H3. The molecule has 0 amide bonds. The Hall–Kier alpha value is -1.30. The molecule has 0 bridgehead atoms. The summed E-state index contributed by atoms with van der Waals surface area (Å²) in [5, 5.41) is 5.12. The van der Waals surface area contributed by atoms with Crippen LogP contribution in [-0.2, 0) is 6.18 Å². The van der Waals surface area contributed by atoms with E-state index in [-0.39, 0.29) is 5.50 Å². The fraction of sp³-hybridized carbons (Fsp3) is 0.273. The lowest BCUT2D eigenvalue weighted by molar-refractivity contribution is -0.137. The predicted molar refractivity (Wildman–Crippen MR) is 62.7 cm³/mol. The van der Waals surface area contributed by atoms with Crippen molar-refractivity contribution < 1.29 is 13.2 Å². The van der Waals surface area contributed by atoms with Crippen LogP contribution in [-0.4, -0.2) is 5.50 Å². The molecule has 1 aromatic carbocycles. The number of nitrogens with one attached hydrogen (secondary N) is 1. The molecule has 1 atom stereocenters. The summed E-state index contributed by atoms with van der Waals surface area (Å²) in [6, 6.07) is 3.80. The summed E-state index contributed by atoms with van der Waals surface area (Å²) in [5.41, 5.74) is 1.70. The summed E-state index contributed by atoms with van der Waals surface area (Å²) in [5.74, 6) is 0. The minimum Gasteiger partial charge on any atom is -0.354 e. The predicted octanol–water partition coefficient (Wildman–Crippen LogP) is 3.83. The van der Waals surface area contributed by atoms with Gasteiger partial charge in [-0.1, -0.05) is 11.8 Å². The average Bonchev–Trinajstić information content (AvgIpc) is 2.76. The van der Waals surface area contributed by atoms with Gasteiger partial charge < -0.3 is 10.2 Å². The number of allylic oxidation sites excluding steroid dienone is 1. The monoisotopic (exact) mass is 258 g/mol. The van der Waals surface area contributed by atoms with Gasteiger partial charge in [0.1, 0.15) is 0 Å². The fourth-order valence-corrected chi connectivity index (χ4v) is 3.08. The van der Waals surface area contributed by atoms with Crippen LogP contribution in [0.15, 0.2) is 29.3 Å². The summed E-state index contributed by atoms with van der Waals surface area (Å²) < 4.78 is 37.9. The van der Waals surface area contributed by atoms with E-state index in [1.807, 2.05) is 17.2 Å². The van der Waals surface area contributed by atoms with E-state index in [0.717, 1.165) is 17.5 Å². The van der Waals surface area contributed by atoms with Gasteiger partial charge in [-0.15, -0.1) is 0 Å². The molecule has 0 saturated heterocycles. The van der Waals surface area contributed by atoms with Crippen molar-refractivity contribution in [2.24, 2.45) is 0 Å².